The molecule has 0 saturated carbocycles. The van der Waals surface area contributed by atoms with Gasteiger partial charge in [-0.05, 0) is 13.8 Å². The Morgan fingerprint density at radius 3 is 2.53 bits per heavy atom. The Labute approximate surface area is 88.6 Å². The van der Waals surface area contributed by atoms with Crippen LogP contribution in [0.15, 0.2) is 0 Å². The third-order valence-corrected chi connectivity index (χ3v) is 3.02. The van der Waals surface area contributed by atoms with Gasteiger partial charge in [-0.3, -0.25) is 0 Å². The molecule has 5 nitrogen and oxygen atoms in total. The zero-order valence-electron chi connectivity index (χ0n) is 9.14. The van der Waals surface area contributed by atoms with Gasteiger partial charge in [0, 0.05) is 7.11 Å². The van der Waals surface area contributed by atoms with Gasteiger partial charge >= 0.3 is 0 Å². The number of hydrogen-bond donors (Lipinski definition) is 0. The van der Waals surface area contributed by atoms with Crippen LogP contribution in [0.1, 0.15) is 13.8 Å². The topological polar surface area (TPSA) is 49.5 Å². The van der Waals surface area contributed by atoms with Crippen molar-refractivity contribution in [3.63, 3.8) is 0 Å². The normalized spacial score (nSPS) is 51.8. The number of fused-ring (bicyclic) bond motifs is 1. The zero-order valence-corrected chi connectivity index (χ0v) is 9.14. The van der Waals surface area contributed by atoms with Crippen LogP contribution in [0.3, 0.4) is 0 Å². The Bertz CT molecular complexity index is 263. The van der Waals surface area contributed by atoms with Crippen LogP contribution in [-0.2, 0) is 23.7 Å². The van der Waals surface area contributed by atoms with E-state index in [0.29, 0.717) is 0 Å². The van der Waals surface area contributed by atoms with E-state index in [-0.39, 0.29) is 30.7 Å². The SMILES string of the molecule is CO[C@@H]1[C@H]2OC(C)(C)O[C@H]2O[C@@H]1[C@H]1CO1. The number of methoxy groups -OCH3 is 1. The Morgan fingerprint density at radius 2 is 1.93 bits per heavy atom. The summed E-state index contributed by atoms with van der Waals surface area (Å²) in [5.41, 5.74) is 0. The summed E-state index contributed by atoms with van der Waals surface area (Å²) < 4.78 is 27.8. The van der Waals surface area contributed by atoms with E-state index in [1.165, 1.54) is 0 Å². The van der Waals surface area contributed by atoms with E-state index in [1.54, 1.807) is 7.11 Å². The smallest absolute Gasteiger partial charge is 0.190 e. The molecule has 3 heterocycles. The van der Waals surface area contributed by atoms with Crippen LogP contribution < -0.4 is 0 Å². The average Bonchev–Trinajstić information content (AvgIpc) is 2.86. The lowest BCUT2D eigenvalue weighted by atomic mass is 10.1. The highest BCUT2D eigenvalue weighted by molar-refractivity contribution is 4.99. The summed E-state index contributed by atoms with van der Waals surface area (Å²) in [6.45, 7) is 4.50. The van der Waals surface area contributed by atoms with Crippen molar-refractivity contribution in [3.8, 4) is 0 Å². The van der Waals surface area contributed by atoms with Crippen molar-refractivity contribution in [3.05, 3.63) is 0 Å². The van der Waals surface area contributed by atoms with Gasteiger partial charge in [-0.2, -0.15) is 0 Å². The second kappa shape index (κ2) is 3.15. The van der Waals surface area contributed by atoms with E-state index in [4.69, 9.17) is 23.7 Å². The van der Waals surface area contributed by atoms with Gasteiger partial charge < -0.3 is 23.7 Å². The molecule has 0 aliphatic carbocycles. The van der Waals surface area contributed by atoms with Crippen LogP contribution in [0.25, 0.3) is 0 Å². The fourth-order valence-corrected chi connectivity index (χ4v) is 2.32. The lowest BCUT2D eigenvalue weighted by Gasteiger charge is -2.23. The third-order valence-electron chi connectivity index (χ3n) is 3.02. The maximum Gasteiger partial charge on any atom is 0.190 e. The standard InChI is InChI=1S/C10H16O5/c1-10(2)14-8-7(11-3)6(5-4-12-5)13-9(8)15-10/h5-9H,4H2,1-3H3/t5-,6-,7+,8-,9-/m1/s1. The lowest BCUT2D eigenvalue weighted by Crippen LogP contribution is -2.38. The van der Waals surface area contributed by atoms with Gasteiger partial charge in [-0.25, -0.2) is 0 Å². The molecule has 86 valence electrons. The Hall–Kier alpha value is -0.200. The van der Waals surface area contributed by atoms with E-state index < -0.39 is 5.79 Å². The van der Waals surface area contributed by atoms with Crippen LogP contribution in [0, 0.1) is 0 Å². The Kier molecular flexibility index (Phi) is 2.10. The van der Waals surface area contributed by atoms with Crippen LogP contribution in [0.5, 0.6) is 0 Å². The number of epoxide rings is 1. The van der Waals surface area contributed by atoms with Gasteiger partial charge in [-0.15, -0.1) is 0 Å². The molecule has 3 aliphatic heterocycles. The quantitative estimate of drug-likeness (QED) is 0.620. The summed E-state index contributed by atoms with van der Waals surface area (Å²) in [6, 6.07) is 0. The molecule has 5 atom stereocenters. The van der Waals surface area contributed by atoms with Crippen molar-refractivity contribution >= 4 is 0 Å². The van der Waals surface area contributed by atoms with Crippen LogP contribution >= 0.6 is 0 Å². The molecule has 0 aromatic heterocycles. The van der Waals surface area contributed by atoms with Gasteiger partial charge in [0.15, 0.2) is 12.1 Å². The van der Waals surface area contributed by atoms with Crippen LogP contribution in [0.4, 0.5) is 0 Å². The van der Waals surface area contributed by atoms with Gasteiger partial charge in [0.05, 0.1) is 6.61 Å². The molecule has 0 spiro atoms. The number of ether oxygens (including phenoxy) is 5. The van der Waals surface area contributed by atoms with Crippen molar-refractivity contribution in [2.45, 2.75) is 50.3 Å². The average molecular weight is 216 g/mol. The van der Waals surface area contributed by atoms with E-state index in [9.17, 15) is 0 Å². The maximum atomic E-state index is 5.76. The molecule has 0 radical (unpaired) electrons. The molecule has 0 unspecified atom stereocenters. The molecule has 3 rings (SSSR count). The Morgan fingerprint density at radius 1 is 1.20 bits per heavy atom. The predicted octanol–water partition coefficient (Wildman–Crippen LogP) is 0.277. The first-order valence-corrected chi connectivity index (χ1v) is 5.26. The third kappa shape index (κ3) is 1.59. The molecule has 3 aliphatic rings. The minimum absolute atomic E-state index is 0.0545. The molecule has 5 heteroatoms. The summed E-state index contributed by atoms with van der Waals surface area (Å²) in [7, 11) is 1.67. The van der Waals surface area contributed by atoms with Gasteiger partial charge in [-0.1, -0.05) is 0 Å². The molecular weight excluding hydrogens is 200 g/mol. The second-order valence-corrected chi connectivity index (χ2v) is 4.64. The molecule has 0 aromatic carbocycles. The highest BCUT2D eigenvalue weighted by Gasteiger charge is 2.58. The first kappa shape index (κ1) is 9.99. The summed E-state index contributed by atoms with van der Waals surface area (Å²) in [5.74, 6) is -0.582. The fraction of sp³-hybridized carbons (Fsp3) is 1.00. The van der Waals surface area contributed by atoms with E-state index in [0.717, 1.165) is 6.61 Å². The summed E-state index contributed by atoms with van der Waals surface area (Å²) in [6.07, 6.45) is -0.459. The highest BCUT2D eigenvalue weighted by atomic mass is 16.8. The molecule has 15 heavy (non-hydrogen) atoms. The Balaban J connectivity index is 1.76. The molecule has 0 aromatic rings. The molecular formula is C10H16O5. The minimum Gasteiger partial charge on any atom is -0.376 e. The van der Waals surface area contributed by atoms with E-state index in [2.05, 4.69) is 0 Å². The first-order chi connectivity index (χ1) is 7.11. The molecule has 0 bridgehead atoms. The monoisotopic (exact) mass is 216 g/mol. The van der Waals surface area contributed by atoms with Crippen LogP contribution in [-0.4, -0.2) is 50.2 Å². The zero-order chi connectivity index (χ0) is 10.6. The lowest BCUT2D eigenvalue weighted by molar-refractivity contribution is -0.218. The number of hydrogen-bond acceptors (Lipinski definition) is 5. The van der Waals surface area contributed by atoms with Crippen molar-refractivity contribution in [1.82, 2.24) is 0 Å². The first-order valence-electron chi connectivity index (χ1n) is 5.26. The summed E-state index contributed by atoms with van der Waals surface area (Å²) >= 11 is 0. The van der Waals surface area contributed by atoms with Crippen LogP contribution in [0.2, 0.25) is 0 Å². The minimum atomic E-state index is -0.582. The van der Waals surface area contributed by atoms with Crippen molar-refractivity contribution in [1.29, 1.82) is 0 Å². The summed E-state index contributed by atoms with van der Waals surface area (Å²) in [4.78, 5) is 0. The predicted molar refractivity (Wildman–Crippen MR) is 49.2 cm³/mol. The van der Waals surface area contributed by atoms with Crippen molar-refractivity contribution in [2.24, 2.45) is 0 Å². The van der Waals surface area contributed by atoms with E-state index >= 15 is 0 Å². The fourth-order valence-electron chi connectivity index (χ4n) is 2.32. The number of rotatable bonds is 2. The molecule has 3 saturated heterocycles. The largest absolute Gasteiger partial charge is 0.376 e. The van der Waals surface area contributed by atoms with Crippen molar-refractivity contribution < 1.29 is 23.7 Å². The van der Waals surface area contributed by atoms with Gasteiger partial charge in [0.25, 0.3) is 0 Å². The van der Waals surface area contributed by atoms with Gasteiger partial charge in [0.2, 0.25) is 0 Å². The van der Waals surface area contributed by atoms with Gasteiger partial charge in [0.1, 0.15) is 24.4 Å². The molecule has 0 amide bonds. The van der Waals surface area contributed by atoms with Crippen molar-refractivity contribution in [2.75, 3.05) is 13.7 Å². The summed E-state index contributed by atoms with van der Waals surface area (Å²) in [5, 5.41) is 0. The molecule has 0 N–H and O–H groups in total. The van der Waals surface area contributed by atoms with E-state index in [1.807, 2.05) is 13.8 Å². The highest BCUT2D eigenvalue weighted by Crippen LogP contribution is 2.41. The maximum absolute atomic E-state index is 5.76. The second-order valence-electron chi connectivity index (χ2n) is 4.64. The molecule has 3 fully saturated rings.